The Morgan fingerprint density at radius 2 is 2.32 bits per heavy atom. The molecule has 1 aromatic rings. The molecule has 3 rings (SSSR count). The van der Waals surface area contributed by atoms with E-state index >= 15 is 0 Å². The maximum absolute atomic E-state index is 5.54. The molecule has 104 valence electrons. The van der Waals surface area contributed by atoms with Gasteiger partial charge in [0.15, 0.2) is 0 Å². The molecule has 0 aromatic heterocycles. The molecular formula is C16H24N2O. The number of fused-ring (bicyclic) bond motifs is 1. The maximum atomic E-state index is 5.54. The largest absolute Gasteiger partial charge is 0.493 e. The molecule has 0 aliphatic carbocycles. The first-order valence-electron chi connectivity index (χ1n) is 7.44. The highest BCUT2D eigenvalue weighted by molar-refractivity contribution is 5.39. The maximum Gasteiger partial charge on any atom is 0.122 e. The van der Waals surface area contributed by atoms with E-state index in [0.717, 1.165) is 25.3 Å². The standard InChI is InChI=1S/C16H24N2O/c1-12(2)18-7-5-15(11-18)17-10-13-3-4-16-14(9-13)6-8-19-16/h3-4,9,12,15,17H,5-8,10-11H2,1-2H3/t15-/m1/s1. The van der Waals surface area contributed by atoms with Gasteiger partial charge in [-0.3, -0.25) is 4.90 Å². The predicted molar refractivity (Wildman–Crippen MR) is 77.6 cm³/mol. The summed E-state index contributed by atoms with van der Waals surface area (Å²) < 4.78 is 5.54. The molecule has 0 saturated carbocycles. The third kappa shape index (κ3) is 2.93. The van der Waals surface area contributed by atoms with E-state index in [1.165, 1.54) is 30.6 Å². The molecule has 1 fully saturated rings. The summed E-state index contributed by atoms with van der Waals surface area (Å²) in [5.74, 6) is 1.08. The van der Waals surface area contributed by atoms with E-state index in [1.54, 1.807) is 0 Å². The van der Waals surface area contributed by atoms with Crippen molar-refractivity contribution in [2.45, 2.75) is 45.3 Å². The summed E-state index contributed by atoms with van der Waals surface area (Å²) in [5.41, 5.74) is 2.75. The van der Waals surface area contributed by atoms with E-state index in [1.807, 2.05) is 0 Å². The van der Waals surface area contributed by atoms with Gasteiger partial charge in [-0.05, 0) is 44.0 Å². The first kappa shape index (κ1) is 12.9. The van der Waals surface area contributed by atoms with Crippen molar-refractivity contribution < 1.29 is 4.74 Å². The smallest absolute Gasteiger partial charge is 0.122 e. The van der Waals surface area contributed by atoms with E-state index in [9.17, 15) is 0 Å². The van der Waals surface area contributed by atoms with Crippen molar-refractivity contribution >= 4 is 0 Å². The minimum Gasteiger partial charge on any atom is -0.493 e. The van der Waals surface area contributed by atoms with E-state index in [0.29, 0.717) is 12.1 Å². The number of hydrogen-bond donors (Lipinski definition) is 1. The van der Waals surface area contributed by atoms with Crippen LogP contribution in [0.4, 0.5) is 0 Å². The molecule has 2 aliphatic rings. The summed E-state index contributed by atoms with van der Waals surface area (Å²) >= 11 is 0. The molecule has 0 unspecified atom stereocenters. The third-order valence-electron chi connectivity index (χ3n) is 4.30. The number of hydrogen-bond acceptors (Lipinski definition) is 3. The van der Waals surface area contributed by atoms with Gasteiger partial charge < -0.3 is 10.1 Å². The molecule has 0 amide bonds. The van der Waals surface area contributed by atoms with Crippen molar-refractivity contribution in [3.8, 4) is 5.75 Å². The number of likely N-dealkylation sites (tertiary alicyclic amines) is 1. The molecule has 2 heterocycles. The van der Waals surface area contributed by atoms with Gasteiger partial charge in [-0.2, -0.15) is 0 Å². The number of benzene rings is 1. The van der Waals surface area contributed by atoms with Gasteiger partial charge in [0.25, 0.3) is 0 Å². The molecule has 0 bridgehead atoms. The third-order valence-corrected chi connectivity index (χ3v) is 4.30. The Morgan fingerprint density at radius 1 is 1.42 bits per heavy atom. The SMILES string of the molecule is CC(C)N1CC[C@@H](NCc2ccc3c(c2)CCO3)C1. The van der Waals surface area contributed by atoms with Crippen LogP contribution in [0.1, 0.15) is 31.4 Å². The second kappa shape index (κ2) is 5.51. The highest BCUT2D eigenvalue weighted by Gasteiger charge is 2.23. The average molecular weight is 260 g/mol. The molecule has 19 heavy (non-hydrogen) atoms. The Hall–Kier alpha value is -1.06. The molecule has 1 N–H and O–H groups in total. The Morgan fingerprint density at radius 3 is 3.11 bits per heavy atom. The van der Waals surface area contributed by atoms with Gasteiger partial charge in [0.2, 0.25) is 0 Å². The highest BCUT2D eigenvalue weighted by atomic mass is 16.5. The van der Waals surface area contributed by atoms with Crippen LogP contribution in [0.15, 0.2) is 18.2 Å². The van der Waals surface area contributed by atoms with Crippen molar-refractivity contribution in [1.29, 1.82) is 0 Å². The van der Waals surface area contributed by atoms with Crippen LogP contribution < -0.4 is 10.1 Å². The van der Waals surface area contributed by atoms with Crippen molar-refractivity contribution in [3.05, 3.63) is 29.3 Å². The molecule has 1 atom stereocenters. The zero-order valence-electron chi connectivity index (χ0n) is 12.0. The summed E-state index contributed by atoms with van der Waals surface area (Å²) in [7, 11) is 0. The zero-order chi connectivity index (χ0) is 13.2. The average Bonchev–Trinajstić information content (AvgIpc) is 3.04. The molecule has 2 aliphatic heterocycles. The molecule has 3 heteroatoms. The lowest BCUT2D eigenvalue weighted by atomic mass is 10.1. The lowest BCUT2D eigenvalue weighted by molar-refractivity contribution is 0.268. The lowest BCUT2D eigenvalue weighted by Crippen LogP contribution is -2.34. The Balaban J connectivity index is 1.53. The topological polar surface area (TPSA) is 24.5 Å². The van der Waals surface area contributed by atoms with Gasteiger partial charge in [0.1, 0.15) is 5.75 Å². The fourth-order valence-corrected chi connectivity index (χ4v) is 3.04. The van der Waals surface area contributed by atoms with Crippen LogP contribution in [-0.4, -0.2) is 36.7 Å². The number of nitrogens with one attached hydrogen (secondary N) is 1. The van der Waals surface area contributed by atoms with Crippen LogP contribution in [0, 0.1) is 0 Å². The number of ether oxygens (including phenoxy) is 1. The van der Waals surface area contributed by atoms with Gasteiger partial charge in [0, 0.05) is 31.6 Å². The zero-order valence-corrected chi connectivity index (χ0v) is 12.0. The number of rotatable bonds is 4. The number of nitrogens with zero attached hydrogens (tertiary/aromatic N) is 1. The molecule has 1 aromatic carbocycles. The monoisotopic (exact) mass is 260 g/mol. The van der Waals surface area contributed by atoms with Crippen LogP contribution >= 0.6 is 0 Å². The van der Waals surface area contributed by atoms with Gasteiger partial charge in [0.05, 0.1) is 6.61 Å². The first-order valence-corrected chi connectivity index (χ1v) is 7.44. The van der Waals surface area contributed by atoms with E-state index in [2.05, 4.69) is 42.3 Å². The Bertz CT molecular complexity index is 444. The van der Waals surface area contributed by atoms with Crippen LogP contribution in [0.3, 0.4) is 0 Å². The van der Waals surface area contributed by atoms with Gasteiger partial charge in [-0.15, -0.1) is 0 Å². The van der Waals surface area contributed by atoms with Crippen LogP contribution in [-0.2, 0) is 13.0 Å². The first-order chi connectivity index (χ1) is 9.22. The van der Waals surface area contributed by atoms with Gasteiger partial charge in [-0.25, -0.2) is 0 Å². The van der Waals surface area contributed by atoms with E-state index < -0.39 is 0 Å². The molecule has 3 nitrogen and oxygen atoms in total. The Kier molecular flexibility index (Phi) is 3.76. The molecule has 1 saturated heterocycles. The second-order valence-electron chi connectivity index (χ2n) is 6.00. The fourth-order valence-electron chi connectivity index (χ4n) is 3.04. The van der Waals surface area contributed by atoms with E-state index in [-0.39, 0.29) is 0 Å². The minimum atomic E-state index is 0.645. The predicted octanol–water partition coefficient (Wildman–Crippen LogP) is 2.19. The molecule has 0 radical (unpaired) electrons. The minimum absolute atomic E-state index is 0.645. The molecular weight excluding hydrogens is 236 g/mol. The van der Waals surface area contributed by atoms with Crippen LogP contribution in [0.5, 0.6) is 5.75 Å². The van der Waals surface area contributed by atoms with Crippen molar-refractivity contribution in [2.24, 2.45) is 0 Å². The normalized spacial score (nSPS) is 22.8. The highest BCUT2D eigenvalue weighted by Crippen LogP contribution is 2.25. The fraction of sp³-hybridized carbons (Fsp3) is 0.625. The van der Waals surface area contributed by atoms with Crippen molar-refractivity contribution in [2.75, 3.05) is 19.7 Å². The summed E-state index contributed by atoms with van der Waals surface area (Å²) in [6, 6.07) is 7.92. The van der Waals surface area contributed by atoms with Gasteiger partial charge >= 0.3 is 0 Å². The van der Waals surface area contributed by atoms with Crippen molar-refractivity contribution in [1.82, 2.24) is 10.2 Å². The van der Waals surface area contributed by atoms with E-state index in [4.69, 9.17) is 4.74 Å². The summed E-state index contributed by atoms with van der Waals surface area (Å²) in [6.45, 7) is 8.80. The summed E-state index contributed by atoms with van der Waals surface area (Å²) in [6.07, 6.45) is 2.33. The second-order valence-corrected chi connectivity index (χ2v) is 6.00. The quantitative estimate of drug-likeness (QED) is 0.898. The molecule has 0 spiro atoms. The Labute approximate surface area is 115 Å². The van der Waals surface area contributed by atoms with Crippen LogP contribution in [0.25, 0.3) is 0 Å². The van der Waals surface area contributed by atoms with Gasteiger partial charge in [-0.1, -0.05) is 12.1 Å². The van der Waals surface area contributed by atoms with Crippen LogP contribution in [0.2, 0.25) is 0 Å². The van der Waals surface area contributed by atoms with Crippen molar-refractivity contribution in [3.63, 3.8) is 0 Å². The summed E-state index contributed by atoms with van der Waals surface area (Å²) in [5, 5.41) is 3.69. The summed E-state index contributed by atoms with van der Waals surface area (Å²) in [4.78, 5) is 2.55. The lowest BCUT2D eigenvalue weighted by Gasteiger charge is -2.20.